The van der Waals surface area contributed by atoms with Crippen LogP contribution >= 0.6 is 0 Å². The Kier molecular flexibility index (Phi) is 4.45. The molecule has 0 saturated carbocycles. The lowest BCUT2D eigenvalue weighted by Gasteiger charge is -2.38. The van der Waals surface area contributed by atoms with E-state index in [1.807, 2.05) is 38.1 Å². The highest BCUT2D eigenvalue weighted by Gasteiger charge is 2.32. The van der Waals surface area contributed by atoms with Crippen LogP contribution < -0.4 is 10.6 Å². The van der Waals surface area contributed by atoms with Crippen LogP contribution in [0.15, 0.2) is 30.5 Å². The Morgan fingerprint density at radius 1 is 1.25 bits per heavy atom. The van der Waals surface area contributed by atoms with E-state index >= 15 is 0 Å². The van der Waals surface area contributed by atoms with E-state index in [4.69, 9.17) is 0 Å². The van der Waals surface area contributed by atoms with Gasteiger partial charge >= 0.3 is 6.03 Å². The van der Waals surface area contributed by atoms with Crippen LogP contribution in [0.1, 0.15) is 29.0 Å². The lowest BCUT2D eigenvalue weighted by Crippen LogP contribution is -2.54. The molecule has 0 spiro atoms. The number of nitrogens with zero attached hydrogens (tertiary/aromatic N) is 4. The topological polar surface area (TPSA) is 92.2 Å². The maximum atomic E-state index is 12.2. The molecule has 24 heavy (non-hydrogen) atoms. The average molecular weight is 328 g/mol. The van der Waals surface area contributed by atoms with Gasteiger partial charge in [0.15, 0.2) is 5.69 Å². The predicted molar refractivity (Wildman–Crippen MR) is 88.8 cm³/mol. The summed E-state index contributed by atoms with van der Waals surface area (Å²) in [7, 11) is 0. The largest absolute Gasteiger partial charge is 0.338 e. The highest BCUT2D eigenvalue weighted by Crippen LogP contribution is 2.20. The third-order valence-corrected chi connectivity index (χ3v) is 3.90. The van der Waals surface area contributed by atoms with Gasteiger partial charge in [-0.1, -0.05) is 22.9 Å². The van der Waals surface area contributed by atoms with Crippen molar-refractivity contribution in [1.29, 1.82) is 0 Å². The zero-order valence-electron chi connectivity index (χ0n) is 13.7. The molecule has 1 aliphatic heterocycles. The number of carbonyl (C=O) groups excluding carboxylic acids is 2. The zero-order valence-corrected chi connectivity index (χ0v) is 13.7. The maximum absolute atomic E-state index is 12.2. The van der Waals surface area contributed by atoms with Crippen molar-refractivity contribution in [1.82, 2.24) is 25.2 Å². The lowest BCUT2D eigenvalue weighted by atomic mass is 10.1. The second kappa shape index (κ2) is 6.69. The first kappa shape index (κ1) is 16.0. The van der Waals surface area contributed by atoms with Gasteiger partial charge < -0.3 is 15.5 Å². The number of anilines is 1. The molecular formula is C16H20N6O2. The molecule has 2 heterocycles. The normalized spacial score (nSPS) is 14.2. The fraction of sp³-hybridized carbons (Fsp3) is 0.375. The number of aromatic nitrogens is 3. The van der Waals surface area contributed by atoms with Gasteiger partial charge in [0.2, 0.25) is 0 Å². The average Bonchev–Trinajstić information content (AvgIpc) is 2.98. The van der Waals surface area contributed by atoms with Crippen molar-refractivity contribution in [3.63, 3.8) is 0 Å². The van der Waals surface area contributed by atoms with Crippen molar-refractivity contribution in [2.75, 3.05) is 25.0 Å². The first-order chi connectivity index (χ1) is 11.6. The predicted octanol–water partition coefficient (Wildman–Crippen LogP) is 1.43. The summed E-state index contributed by atoms with van der Waals surface area (Å²) in [5.41, 5.74) is 2.10. The Bertz CT molecular complexity index is 733. The Hall–Kier alpha value is -2.90. The van der Waals surface area contributed by atoms with E-state index in [2.05, 4.69) is 20.9 Å². The van der Waals surface area contributed by atoms with Crippen LogP contribution in [-0.4, -0.2) is 51.5 Å². The van der Waals surface area contributed by atoms with Gasteiger partial charge in [-0.15, -0.1) is 5.10 Å². The molecular weight excluding hydrogens is 308 g/mol. The standard InChI is InChI=1S/C16H20N6O2/c1-3-17-16(24)21-8-13(9-21)22-10-14(19-20-22)15(23)18-12-6-4-11(2)5-7-12/h4-7,10,13H,3,8-9H2,1-2H3,(H,17,24)(H,18,23). The summed E-state index contributed by atoms with van der Waals surface area (Å²) in [5.74, 6) is -0.301. The van der Waals surface area contributed by atoms with Crippen LogP contribution in [0.25, 0.3) is 0 Å². The molecule has 0 bridgehead atoms. The van der Waals surface area contributed by atoms with Crippen molar-refractivity contribution >= 4 is 17.6 Å². The summed E-state index contributed by atoms with van der Waals surface area (Å²) in [5, 5.41) is 13.5. The minimum atomic E-state index is -0.301. The maximum Gasteiger partial charge on any atom is 0.317 e. The molecule has 8 nitrogen and oxygen atoms in total. The van der Waals surface area contributed by atoms with Crippen molar-refractivity contribution in [3.8, 4) is 0 Å². The second-order valence-electron chi connectivity index (χ2n) is 5.80. The highest BCUT2D eigenvalue weighted by molar-refractivity contribution is 6.02. The molecule has 3 rings (SSSR count). The lowest BCUT2D eigenvalue weighted by molar-refractivity contribution is 0.102. The molecule has 0 atom stereocenters. The second-order valence-corrected chi connectivity index (χ2v) is 5.80. The summed E-state index contributed by atoms with van der Waals surface area (Å²) in [6.45, 7) is 5.60. The fourth-order valence-electron chi connectivity index (χ4n) is 2.44. The van der Waals surface area contributed by atoms with E-state index in [0.717, 1.165) is 5.56 Å². The number of likely N-dealkylation sites (tertiary alicyclic amines) is 1. The molecule has 1 aromatic heterocycles. The molecule has 0 radical (unpaired) electrons. The molecule has 8 heteroatoms. The van der Waals surface area contributed by atoms with E-state index in [0.29, 0.717) is 25.3 Å². The number of carbonyl (C=O) groups is 2. The van der Waals surface area contributed by atoms with Gasteiger partial charge in [0, 0.05) is 25.3 Å². The summed E-state index contributed by atoms with van der Waals surface area (Å²) in [6, 6.07) is 7.52. The zero-order chi connectivity index (χ0) is 17.1. The van der Waals surface area contributed by atoms with E-state index < -0.39 is 0 Å². The van der Waals surface area contributed by atoms with Crippen LogP contribution in [0.5, 0.6) is 0 Å². The van der Waals surface area contributed by atoms with Crippen molar-refractivity contribution in [2.45, 2.75) is 19.9 Å². The number of amides is 3. The molecule has 2 aromatic rings. The molecule has 0 unspecified atom stereocenters. The van der Waals surface area contributed by atoms with Gasteiger partial charge in [0.05, 0.1) is 12.2 Å². The van der Waals surface area contributed by atoms with Gasteiger partial charge in [0.25, 0.3) is 5.91 Å². The molecule has 1 aromatic carbocycles. The highest BCUT2D eigenvalue weighted by atomic mass is 16.2. The Balaban J connectivity index is 1.57. The van der Waals surface area contributed by atoms with Crippen LogP contribution in [0, 0.1) is 6.92 Å². The number of rotatable bonds is 4. The third-order valence-electron chi connectivity index (χ3n) is 3.90. The molecule has 126 valence electrons. The number of urea groups is 1. The molecule has 1 aliphatic rings. The van der Waals surface area contributed by atoms with Crippen LogP contribution in [-0.2, 0) is 0 Å². The Morgan fingerprint density at radius 2 is 1.96 bits per heavy atom. The number of aryl methyl sites for hydroxylation is 1. The van der Waals surface area contributed by atoms with Crippen LogP contribution in [0.4, 0.5) is 10.5 Å². The Morgan fingerprint density at radius 3 is 2.62 bits per heavy atom. The quantitative estimate of drug-likeness (QED) is 0.888. The molecule has 1 fully saturated rings. The van der Waals surface area contributed by atoms with Gasteiger partial charge in [-0.3, -0.25) is 4.79 Å². The number of hydrogen-bond donors (Lipinski definition) is 2. The monoisotopic (exact) mass is 328 g/mol. The van der Waals surface area contributed by atoms with Gasteiger partial charge in [-0.2, -0.15) is 0 Å². The number of nitrogens with one attached hydrogen (secondary N) is 2. The summed E-state index contributed by atoms with van der Waals surface area (Å²) >= 11 is 0. The van der Waals surface area contributed by atoms with Crippen LogP contribution in [0.2, 0.25) is 0 Å². The van der Waals surface area contributed by atoms with Gasteiger partial charge in [-0.05, 0) is 26.0 Å². The summed E-state index contributed by atoms with van der Waals surface area (Å²) < 4.78 is 1.64. The van der Waals surface area contributed by atoms with Crippen LogP contribution in [0.3, 0.4) is 0 Å². The summed E-state index contributed by atoms with van der Waals surface area (Å²) in [6.07, 6.45) is 1.61. The molecule has 3 amide bonds. The number of benzene rings is 1. The first-order valence-corrected chi connectivity index (χ1v) is 7.89. The van der Waals surface area contributed by atoms with Crippen molar-refractivity contribution < 1.29 is 9.59 Å². The first-order valence-electron chi connectivity index (χ1n) is 7.89. The van der Waals surface area contributed by atoms with E-state index in [-0.39, 0.29) is 23.7 Å². The smallest absolute Gasteiger partial charge is 0.317 e. The fourth-order valence-corrected chi connectivity index (χ4v) is 2.44. The molecule has 1 saturated heterocycles. The van der Waals surface area contributed by atoms with E-state index in [1.165, 1.54) is 0 Å². The SMILES string of the molecule is CCNC(=O)N1CC(n2cc(C(=O)Nc3ccc(C)cc3)nn2)C1. The van der Waals surface area contributed by atoms with E-state index in [9.17, 15) is 9.59 Å². The van der Waals surface area contributed by atoms with Crippen molar-refractivity contribution in [2.24, 2.45) is 0 Å². The molecule has 2 N–H and O–H groups in total. The number of hydrogen-bond acceptors (Lipinski definition) is 4. The summed E-state index contributed by atoms with van der Waals surface area (Å²) in [4.78, 5) is 25.5. The van der Waals surface area contributed by atoms with Gasteiger partial charge in [-0.25, -0.2) is 9.48 Å². The van der Waals surface area contributed by atoms with Gasteiger partial charge in [0.1, 0.15) is 0 Å². The van der Waals surface area contributed by atoms with E-state index in [1.54, 1.807) is 15.8 Å². The van der Waals surface area contributed by atoms with Crippen molar-refractivity contribution in [3.05, 3.63) is 41.7 Å². The minimum absolute atomic E-state index is 0.0565. The third kappa shape index (κ3) is 3.37. The molecule has 0 aliphatic carbocycles. The Labute approximate surface area is 139 Å². The minimum Gasteiger partial charge on any atom is -0.338 e.